The predicted octanol–water partition coefficient (Wildman–Crippen LogP) is 3.68. The first-order valence-electron chi connectivity index (χ1n) is 15.9. The molecule has 4 aliphatic carbocycles. The van der Waals surface area contributed by atoms with Crippen LogP contribution in [0.2, 0.25) is 0 Å². The number of nitrogens with zero attached hydrogens (tertiary/aromatic N) is 2. The molecule has 0 unspecified atom stereocenters. The Morgan fingerprint density at radius 2 is 1.88 bits per heavy atom. The molecule has 1 heterocycles. The maximum atomic E-state index is 13.4. The molecule has 0 saturated heterocycles. The number of fused-ring (bicyclic) bond motifs is 5. The van der Waals surface area contributed by atoms with Gasteiger partial charge in [0, 0.05) is 31.9 Å². The van der Waals surface area contributed by atoms with E-state index < -0.39 is 28.1 Å². The topological polar surface area (TPSA) is 148 Å². The van der Waals surface area contributed by atoms with Gasteiger partial charge >= 0.3 is 0 Å². The molecule has 5 rings (SSSR count). The van der Waals surface area contributed by atoms with Gasteiger partial charge in [0.2, 0.25) is 5.91 Å². The van der Waals surface area contributed by atoms with Crippen molar-refractivity contribution in [2.75, 3.05) is 12.3 Å². The monoisotopic (exact) mass is 606 g/mol. The van der Waals surface area contributed by atoms with Crippen LogP contribution in [0.15, 0.2) is 24.5 Å². The Morgan fingerprint density at radius 3 is 2.57 bits per heavy atom. The minimum absolute atomic E-state index is 0.0291. The van der Waals surface area contributed by atoms with Crippen molar-refractivity contribution >= 4 is 16.0 Å². The van der Waals surface area contributed by atoms with Crippen LogP contribution in [0.25, 0.3) is 0 Å². The third-order valence-electron chi connectivity index (χ3n) is 12.4. The molecule has 42 heavy (non-hydrogen) atoms. The number of carbonyl (C=O) groups excluding carboxylic acids is 1. The second-order valence-electron chi connectivity index (χ2n) is 14.5. The van der Waals surface area contributed by atoms with E-state index in [2.05, 4.69) is 25.8 Å². The summed E-state index contributed by atoms with van der Waals surface area (Å²) in [5.74, 6) is 0.562. The molecule has 4 aliphatic rings. The van der Waals surface area contributed by atoms with Crippen molar-refractivity contribution in [3.05, 3.63) is 30.1 Å². The highest BCUT2D eigenvalue weighted by atomic mass is 32.2. The Morgan fingerprint density at radius 1 is 1.12 bits per heavy atom. The van der Waals surface area contributed by atoms with Gasteiger partial charge < -0.3 is 20.2 Å². The van der Waals surface area contributed by atoms with E-state index in [0.717, 1.165) is 44.1 Å². The fourth-order valence-corrected chi connectivity index (χ4v) is 10.5. The standard InChI is InChI=1S/C32H50N2O7S/c1-20(6-9-29(38)34(13-14-42(39,40)41)19-21-5-4-12-33-18-21)24-7-8-25-30-26(17-28(37)32(24,25)3)31(2)11-10-23(35)15-22(31)16-27(30)36/h4-5,12,18,20,22-28,30,35-37H,6-11,13-17,19H2,1-3H3,(H,39,40,41)/t20-,22+,23-,24-,25+,26+,27-,28+,30+,31+,32-/m1/s1. The number of aromatic nitrogens is 1. The minimum atomic E-state index is -4.22. The van der Waals surface area contributed by atoms with Crippen LogP contribution >= 0.6 is 0 Å². The summed E-state index contributed by atoms with van der Waals surface area (Å²) in [6, 6.07) is 3.60. The molecular weight excluding hydrogens is 556 g/mol. The van der Waals surface area contributed by atoms with Crippen molar-refractivity contribution in [2.45, 2.75) is 103 Å². The highest BCUT2D eigenvalue weighted by molar-refractivity contribution is 7.85. The lowest BCUT2D eigenvalue weighted by atomic mass is 9.43. The van der Waals surface area contributed by atoms with E-state index in [9.17, 15) is 33.1 Å². The maximum Gasteiger partial charge on any atom is 0.266 e. The van der Waals surface area contributed by atoms with Gasteiger partial charge in [-0.05, 0) is 109 Å². The maximum absolute atomic E-state index is 13.4. The molecule has 4 fully saturated rings. The zero-order valence-electron chi connectivity index (χ0n) is 25.3. The van der Waals surface area contributed by atoms with E-state index in [1.165, 1.54) is 4.90 Å². The summed E-state index contributed by atoms with van der Waals surface area (Å²) in [4.78, 5) is 18.9. The van der Waals surface area contributed by atoms with Gasteiger partial charge in [-0.2, -0.15) is 8.42 Å². The quantitative estimate of drug-likeness (QED) is 0.311. The first-order chi connectivity index (χ1) is 19.7. The minimum Gasteiger partial charge on any atom is -0.393 e. The summed E-state index contributed by atoms with van der Waals surface area (Å²) < 4.78 is 32.2. The lowest BCUT2D eigenvalue weighted by Crippen LogP contribution is -2.62. The van der Waals surface area contributed by atoms with Crippen LogP contribution in [0.3, 0.4) is 0 Å². The molecule has 11 atom stereocenters. The van der Waals surface area contributed by atoms with Crippen LogP contribution in [0.5, 0.6) is 0 Å². The molecule has 0 radical (unpaired) electrons. The molecule has 4 saturated carbocycles. The Bertz CT molecular complexity index is 1210. The lowest BCUT2D eigenvalue weighted by molar-refractivity contribution is -0.207. The SMILES string of the molecule is C[C@H](CCC(=O)N(CCS(=O)(=O)O)Cc1cccnc1)[C@H]1CC[C@H]2[C@@H]3[C@H](O)C[C@@H]4C[C@H](O)CC[C@]4(C)[C@H]3C[C@H](O)[C@]12C. The van der Waals surface area contributed by atoms with E-state index >= 15 is 0 Å². The van der Waals surface area contributed by atoms with E-state index in [-0.39, 0.29) is 77.9 Å². The fourth-order valence-electron chi connectivity index (χ4n) is 10.1. The Hall–Kier alpha value is -1.59. The molecule has 4 N–H and O–H groups in total. The fraction of sp³-hybridized carbons (Fsp3) is 0.812. The van der Waals surface area contributed by atoms with Gasteiger partial charge in [0.05, 0.1) is 24.1 Å². The number of aliphatic hydroxyl groups is 3. The average molecular weight is 607 g/mol. The number of amides is 1. The van der Waals surface area contributed by atoms with Crippen LogP contribution in [0, 0.1) is 46.3 Å². The zero-order chi connectivity index (χ0) is 30.4. The van der Waals surface area contributed by atoms with Crippen molar-refractivity contribution in [3.8, 4) is 0 Å². The van der Waals surface area contributed by atoms with Crippen LogP contribution in [0.4, 0.5) is 0 Å². The van der Waals surface area contributed by atoms with Gasteiger partial charge in [-0.15, -0.1) is 0 Å². The van der Waals surface area contributed by atoms with Gasteiger partial charge in [-0.25, -0.2) is 0 Å². The molecule has 236 valence electrons. The lowest BCUT2D eigenvalue weighted by Gasteiger charge is -2.63. The molecule has 0 aromatic carbocycles. The summed E-state index contributed by atoms with van der Waals surface area (Å²) in [6.07, 6.45) is 8.72. The van der Waals surface area contributed by atoms with Crippen molar-refractivity contribution in [1.82, 2.24) is 9.88 Å². The summed E-state index contributed by atoms with van der Waals surface area (Å²) in [5.41, 5.74) is 0.471. The van der Waals surface area contributed by atoms with Crippen LogP contribution < -0.4 is 0 Å². The largest absolute Gasteiger partial charge is 0.393 e. The van der Waals surface area contributed by atoms with Crippen LogP contribution in [0.1, 0.15) is 84.1 Å². The van der Waals surface area contributed by atoms with Crippen molar-refractivity contribution < 1.29 is 33.1 Å². The number of pyridine rings is 1. The van der Waals surface area contributed by atoms with Gasteiger partial charge in [-0.1, -0.05) is 26.8 Å². The molecular formula is C32H50N2O7S. The Balaban J connectivity index is 1.27. The van der Waals surface area contributed by atoms with E-state index in [4.69, 9.17) is 0 Å². The Labute approximate surface area is 250 Å². The highest BCUT2D eigenvalue weighted by Crippen LogP contribution is 2.68. The van der Waals surface area contributed by atoms with Gasteiger partial charge in [0.1, 0.15) is 0 Å². The van der Waals surface area contributed by atoms with Gasteiger partial charge in [-0.3, -0.25) is 14.3 Å². The second kappa shape index (κ2) is 12.1. The number of hydrogen-bond acceptors (Lipinski definition) is 7. The molecule has 1 amide bonds. The Kier molecular flexibility index (Phi) is 9.14. The molecule has 0 spiro atoms. The molecule has 10 heteroatoms. The first kappa shape index (κ1) is 31.8. The van der Waals surface area contributed by atoms with E-state index in [1.54, 1.807) is 18.5 Å². The molecule has 0 aliphatic heterocycles. The van der Waals surface area contributed by atoms with E-state index in [0.29, 0.717) is 12.8 Å². The smallest absolute Gasteiger partial charge is 0.266 e. The van der Waals surface area contributed by atoms with Crippen LogP contribution in [-0.2, 0) is 21.5 Å². The van der Waals surface area contributed by atoms with E-state index in [1.807, 2.05) is 6.07 Å². The molecule has 9 nitrogen and oxygen atoms in total. The van der Waals surface area contributed by atoms with Gasteiger partial charge in [0.15, 0.2) is 0 Å². The third kappa shape index (κ3) is 6.03. The first-order valence-corrected chi connectivity index (χ1v) is 17.5. The number of aliphatic hydroxyl groups excluding tert-OH is 3. The number of carbonyl (C=O) groups is 1. The summed E-state index contributed by atoms with van der Waals surface area (Å²) in [6.45, 7) is 6.83. The van der Waals surface area contributed by atoms with Gasteiger partial charge in [0.25, 0.3) is 10.1 Å². The predicted molar refractivity (Wildman–Crippen MR) is 158 cm³/mol. The molecule has 1 aromatic rings. The molecule has 0 bridgehead atoms. The summed E-state index contributed by atoms with van der Waals surface area (Å²) in [5, 5.41) is 33.7. The number of hydrogen-bond donors (Lipinski definition) is 4. The van der Waals surface area contributed by atoms with Crippen LogP contribution in [-0.4, -0.2) is 74.7 Å². The van der Waals surface area contributed by atoms with Crippen molar-refractivity contribution in [2.24, 2.45) is 46.3 Å². The summed E-state index contributed by atoms with van der Waals surface area (Å²) >= 11 is 0. The zero-order valence-corrected chi connectivity index (χ0v) is 26.1. The van der Waals surface area contributed by atoms with Crippen molar-refractivity contribution in [3.63, 3.8) is 0 Å². The normalized spacial score (nSPS) is 40.5. The summed E-state index contributed by atoms with van der Waals surface area (Å²) in [7, 11) is -4.22. The van der Waals surface area contributed by atoms with Crippen molar-refractivity contribution in [1.29, 1.82) is 0 Å². The third-order valence-corrected chi connectivity index (χ3v) is 13.1. The highest BCUT2D eigenvalue weighted by Gasteiger charge is 2.65. The number of rotatable bonds is 9. The molecule has 1 aromatic heterocycles. The second-order valence-corrected chi connectivity index (χ2v) is 16.1. The average Bonchev–Trinajstić information content (AvgIpc) is 3.29.